The third-order valence-corrected chi connectivity index (χ3v) is 4.50. The summed E-state index contributed by atoms with van der Waals surface area (Å²) in [6.45, 7) is 11.2. The van der Waals surface area contributed by atoms with E-state index in [9.17, 15) is 0 Å². The molecule has 0 atom stereocenters. The quantitative estimate of drug-likeness (QED) is 0.862. The number of hydrogen-bond donors (Lipinski definition) is 1. The number of nitrogens with one attached hydrogen (secondary N) is 1. The predicted octanol–water partition coefficient (Wildman–Crippen LogP) is 2.06. The lowest BCUT2D eigenvalue weighted by atomic mass is 10.2. The number of piperazine rings is 1. The molecule has 0 amide bonds. The minimum atomic E-state index is 0.671. The number of nitrogens with zero attached hydrogens (tertiary/aromatic N) is 2. The van der Waals surface area contributed by atoms with Crippen LogP contribution in [0.1, 0.15) is 38.0 Å². The van der Waals surface area contributed by atoms with Crippen molar-refractivity contribution in [2.45, 2.75) is 51.9 Å². The molecule has 4 nitrogen and oxygen atoms in total. The molecule has 0 radical (unpaired) electrons. The van der Waals surface area contributed by atoms with Crippen molar-refractivity contribution in [2.24, 2.45) is 0 Å². The monoisotopic (exact) mass is 277 g/mol. The first kappa shape index (κ1) is 14.1. The highest BCUT2D eigenvalue weighted by molar-refractivity contribution is 5.17. The average Bonchev–Trinajstić information content (AvgIpc) is 3.18. The van der Waals surface area contributed by atoms with Crippen LogP contribution in [-0.4, -0.2) is 48.1 Å². The summed E-state index contributed by atoms with van der Waals surface area (Å²) >= 11 is 0. The van der Waals surface area contributed by atoms with Gasteiger partial charge in [-0.1, -0.05) is 0 Å². The fourth-order valence-corrected chi connectivity index (χ4v) is 2.87. The van der Waals surface area contributed by atoms with Gasteiger partial charge in [-0.05, 0) is 32.8 Å². The van der Waals surface area contributed by atoms with E-state index in [1.165, 1.54) is 44.6 Å². The highest BCUT2D eigenvalue weighted by Gasteiger charge is 2.23. The Bertz CT molecular complexity index is 417. The Hall–Kier alpha value is -0.840. The summed E-state index contributed by atoms with van der Waals surface area (Å²) in [5.41, 5.74) is 1.36. The lowest BCUT2D eigenvalue weighted by Gasteiger charge is -2.36. The molecule has 1 aliphatic heterocycles. The van der Waals surface area contributed by atoms with Crippen LogP contribution < -0.4 is 5.32 Å². The van der Waals surface area contributed by atoms with Crippen LogP contribution in [0, 0.1) is 0 Å². The Morgan fingerprint density at radius 3 is 2.65 bits per heavy atom. The minimum absolute atomic E-state index is 0.671. The summed E-state index contributed by atoms with van der Waals surface area (Å²) in [5.74, 6) is 1.13. The third-order valence-electron chi connectivity index (χ3n) is 4.50. The van der Waals surface area contributed by atoms with Crippen molar-refractivity contribution in [3.8, 4) is 0 Å². The number of furan rings is 1. The lowest BCUT2D eigenvalue weighted by molar-refractivity contribution is 0.103. The van der Waals surface area contributed by atoms with E-state index in [4.69, 9.17) is 4.42 Å². The molecule has 1 saturated carbocycles. The molecular weight excluding hydrogens is 250 g/mol. The van der Waals surface area contributed by atoms with Crippen molar-refractivity contribution in [3.63, 3.8) is 0 Å². The SMILES string of the molecule is CC(C)N1CCN(Cc2ccoc2CNC2CC2)CC1. The zero-order valence-electron chi connectivity index (χ0n) is 12.8. The third kappa shape index (κ3) is 3.62. The van der Waals surface area contributed by atoms with Crippen LogP contribution in [0.3, 0.4) is 0 Å². The van der Waals surface area contributed by atoms with Gasteiger partial charge in [0.25, 0.3) is 0 Å². The van der Waals surface area contributed by atoms with Gasteiger partial charge in [0.05, 0.1) is 12.8 Å². The summed E-state index contributed by atoms with van der Waals surface area (Å²) in [6.07, 6.45) is 4.49. The standard InChI is InChI=1S/C16H27N3O/c1-13(2)19-8-6-18(7-9-19)12-14-5-10-20-16(14)11-17-15-3-4-15/h5,10,13,15,17H,3-4,6-9,11-12H2,1-2H3. The van der Waals surface area contributed by atoms with Crippen LogP contribution in [0.2, 0.25) is 0 Å². The van der Waals surface area contributed by atoms with E-state index >= 15 is 0 Å². The summed E-state index contributed by atoms with van der Waals surface area (Å²) in [7, 11) is 0. The van der Waals surface area contributed by atoms with Gasteiger partial charge in [-0.3, -0.25) is 9.80 Å². The second-order valence-corrected chi connectivity index (χ2v) is 6.43. The van der Waals surface area contributed by atoms with Gasteiger partial charge in [0.2, 0.25) is 0 Å². The van der Waals surface area contributed by atoms with Gasteiger partial charge in [0, 0.05) is 50.4 Å². The molecule has 0 unspecified atom stereocenters. The highest BCUT2D eigenvalue weighted by Crippen LogP contribution is 2.21. The van der Waals surface area contributed by atoms with E-state index in [2.05, 4.69) is 35.0 Å². The Kier molecular flexibility index (Phi) is 4.44. The molecule has 3 rings (SSSR count). The summed E-state index contributed by atoms with van der Waals surface area (Å²) in [5, 5.41) is 3.54. The lowest BCUT2D eigenvalue weighted by Crippen LogP contribution is -2.48. The number of hydrogen-bond acceptors (Lipinski definition) is 4. The fourth-order valence-electron chi connectivity index (χ4n) is 2.87. The van der Waals surface area contributed by atoms with Crippen LogP contribution in [-0.2, 0) is 13.1 Å². The molecule has 1 aliphatic carbocycles. The predicted molar refractivity (Wildman–Crippen MR) is 80.6 cm³/mol. The Balaban J connectivity index is 1.49. The maximum Gasteiger partial charge on any atom is 0.122 e. The maximum atomic E-state index is 5.64. The molecular formula is C16H27N3O. The van der Waals surface area contributed by atoms with E-state index in [0.717, 1.165) is 24.9 Å². The van der Waals surface area contributed by atoms with E-state index in [1.807, 2.05) is 6.26 Å². The van der Waals surface area contributed by atoms with Crippen LogP contribution >= 0.6 is 0 Å². The Morgan fingerprint density at radius 1 is 1.25 bits per heavy atom. The Morgan fingerprint density at radius 2 is 2.00 bits per heavy atom. The summed E-state index contributed by atoms with van der Waals surface area (Å²) in [4.78, 5) is 5.10. The molecule has 1 saturated heterocycles. The minimum Gasteiger partial charge on any atom is -0.468 e. The molecule has 1 aromatic heterocycles. The molecule has 1 N–H and O–H groups in total. The van der Waals surface area contributed by atoms with Gasteiger partial charge in [-0.2, -0.15) is 0 Å². The molecule has 1 aromatic rings. The van der Waals surface area contributed by atoms with Crippen molar-refractivity contribution in [1.82, 2.24) is 15.1 Å². The van der Waals surface area contributed by atoms with Gasteiger partial charge >= 0.3 is 0 Å². The highest BCUT2D eigenvalue weighted by atomic mass is 16.3. The molecule has 2 fully saturated rings. The van der Waals surface area contributed by atoms with Gasteiger partial charge in [0.1, 0.15) is 5.76 Å². The summed E-state index contributed by atoms with van der Waals surface area (Å²) < 4.78 is 5.64. The fraction of sp³-hybridized carbons (Fsp3) is 0.750. The van der Waals surface area contributed by atoms with Gasteiger partial charge < -0.3 is 9.73 Å². The molecule has 0 spiro atoms. The summed E-state index contributed by atoms with van der Waals surface area (Å²) in [6, 6.07) is 3.55. The van der Waals surface area contributed by atoms with Gasteiger partial charge in [-0.15, -0.1) is 0 Å². The molecule has 0 aromatic carbocycles. The largest absolute Gasteiger partial charge is 0.468 e. The molecule has 112 valence electrons. The van der Waals surface area contributed by atoms with Crippen LogP contribution in [0.4, 0.5) is 0 Å². The smallest absolute Gasteiger partial charge is 0.122 e. The van der Waals surface area contributed by atoms with E-state index < -0.39 is 0 Å². The van der Waals surface area contributed by atoms with E-state index in [1.54, 1.807) is 0 Å². The molecule has 2 heterocycles. The normalized spacial score (nSPS) is 21.8. The van der Waals surface area contributed by atoms with Crippen LogP contribution in [0.15, 0.2) is 16.7 Å². The zero-order valence-corrected chi connectivity index (χ0v) is 12.8. The first-order valence-corrected chi connectivity index (χ1v) is 7.97. The van der Waals surface area contributed by atoms with Gasteiger partial charge in [0.15, 0.2) is 0 Å². The second kappa shape index (κ2) is 6.29. The molecule has 0 bridgehead atoms. The van der Waals surface area contributed by atoms with Crippen molar-refractivity contribution >= 4 is 0 Å². The first-order chi connectivity index (χ1) is 9.72. The van der Waals surface area contributed by atoms with Crippen LogP contribution in [0.5, 0.6) is 0 Å². The number of rotatable bonds is 6. The first-order valence-electron chi connectivity index (χ1n) is 7.97. The van der Waals surface area contributed by atoms with Crippen molar-refractivity contribution < 1.29 is 4.42 Å². The zero-order chi connectivity index (χ0) is 13.9. The van der Waals surface area contributed by atoms with Gasteiger partial charge in [-0.25, -0.2) is 0 Å². The van der Waals surface area contributed by atoms with Crippen molar-refractivity contribution in [3.05, 3.63) is 23.7 Å². The van der Waals surface area contributed by atoms with E-state index in [-0.39, 0.29) is 0 Å². The van der Waals surface area contributed by atoms with Crippen molar-refractivity contribution in [2.75, 3.05) is 26.2 Å². The van der Waals surface area contributed by atoms with Crippen molar-refractivity contribution in [1.29, 1.82) is 0 Å². The maximum absolute atomic E-state index is 5.64. The molecule has 4 heteroatoms. The average molecular weight is 277 g/mol. The Labute approximate surface area is 122 Å². The van der Waals surface area contributed by atoms with E-state index in [0.29, 0.717) is 6.04 Å². The molecule has 2 aliphatic rings. The van der Waals surface area contributed by atoms with Crippen LogP contribution in [0.25, 0.3) is 0 Å². The second-order valence-electron chi connectivity index (χ2n) is 6.43. The molecule has 20 heavy (non-hydrogen) atoms. The topological polar surface area (TPSA) is 31.6 Å².